The number of benzene rings is 1. The molecule has 0 fully saturated rings. The molecule has 0 amide bonds. The van der Waals surface area contributed by atoms with Gasteiger partial charge in [-0.15, -0.1) is 0 Å². The number of hydrogen-bond acceptors (Lipinski definition) is 3. The summed E-state index contributed by atoms with van der Waals surface area (Å²) in [7, 11) is -3.80. The lowest BCUT2D eigenvalue weighted by atomic mass is 10.1. The molecular formula is C10H10F2O3S. The topological polar surface area (TPSA) is 51.2 Å². The van der Waals surface area contributed by atoms with Crippen molar-refractivity contribution in [2.75, 3.05) is 6.26 Å². The van der Waals surface area contributed by atoms with Crippen molar-refractivity contribution in [3.05, 3.63) is 29.3 Å². The standard InChI is InChI=1S/C10H10F2O3S/c1-6(13)5-7-3-4-8(16(2,14)15)10(12)9(7)11/h3-4H,5H2,1-2H3. The molecule has 3 nitrogen and oxygen atoms in total. The van der Waals surface area contributed by atoms with Gasteiger partial charge in [0.1, 0.15) is 10.7 Å². The van der Waals surface area contributed by atoms with Gasteiger partial charge in [0.2, 0.25) is 0 Å². The van der Waals surface area contributed by atoms with E-state index in [9.17, 15) is 22.0 Å². The van der Waals surface area contributed by atoms with E-state index in [0.29, 0.717) is 0 Å². The second-order valence-corrected chi connectivity index (χ2v) is 5.49. The molecule has 1 aromatic rings. The van der Waals surface area contributed by atoms with Crippen LogP contribution in [0.3, 0.4) is 0 Å². The van der Waals surface area contributed by atoms with E-state index in [-0.39, 0.29) is 17.8 Å². The van der Waals surface area contributed by atoms with Crippen LogP contribution in [0.2, 0.25) is 0 Å². The molecule has 0 bridgehead atoms. The predicted octanol–water partition coefficient (Wildman–Crippen LogP) is 1.50. The molecule has 0 heterocycles. The summed E-state index contributed by atoms with van der Waals surface area (Å²) >= 11 is 0. The van der Waals surface area contributed by atoms with Gasteiger partial charge < -0.3 is 0 Å². The van der Waals surface area contributed by atoms with Gasteiger partial charge in [-0.3, -0.25) is 4.79 Å². The minimum Gasteiger partial charge on any atom is -0.300 e. The van der Waals surface area contributed by atoms with Crippen LogP contribution in [0.15, 0.2) is 17.0 Å². The van der Waals surface area contributed by atoms with Crippen molar-refractivity contribution in [1.82, 2.24) is 0 Å². The number of ketones is 1. The maximum atomic E-state index is 13.4. The van der Waals surface area contributed by atoms with Crippen molar-refractivity contribution >= 4 is 15.6 Å². The van der Waals surface area contributed by atoms with Gasteiger partial charge in [0, 0.05) is 12.7 Å². The molecule has 0 aromatic heterocycles. The largest absolute Gasteiger partial charge is 0.300 e. The molecule has 0 aliphatic carbocycles. The zero-order chi connectivity index (χ0) is 12.5. The van der Waals surface area contributed by atoms with Gasteiger partial charge in [0.25, 0.3) is 0 Å². The molecule has 0 aliphatic rings. The summed E-state index contributed by atoms with van der Waals surface area (Å²) < 4.78 is 48.8. The van der Waals surface area contributed by atoms with E-state index >= 15 is 0 Å². The van der Waals surface area contributed by atoms with E-state index in [2.05, 4.69) is 0 Å². The maximum absolute atomic E-state index is 13.4. The van der Waals surface area contributed by atoms with Crippen LogP contribution in [-0.4, -0.2) is 20.5 Å². The first-order chi connectivity index (χ1) is 7.23. The van der Waals surface area contributed by atoms with E-state index in [1.807, 2.05) is 0 Å². The van der Waals surface area contributed by atoms with Crippen molar-refractivity contribution in [3.8, 4) is 0 Å². The van der Waals surface area contributed by atoms with Crippen LogP contribution in [0.25, 0.3) is 0 Å². The van der Waals surface area contributed by atoms with Crippen molar-refractivity contribution in [2.45, 2.75) is 18.2 Å². The van der Waals surface area contributed by atoms with E-state index in [4.69, 9.17) is 0 Å². The Morgan fingerprint density at radius 3 is 2.25 bits per heavy atom. The highest BCUT2D eigenvalue weighted by Gasteiger charge is 2.20. The monoisotopic (exact) mass is 248 g/mol. The van der Waals surface area contributed by atoms with Crippen molar-refractivity contribution in [1.29, 1.82) is 0 Å². The van der Waals surface area contributed by atoms with E-state index in [1.54, 1.807) is 0 Å². The normalized spacial score (nSPS) is 11.5. The van der Waals surface area contributed by atoms with Crippen molar-refractivity contribution < 1.29 is 22.0 Å². The van der Waals surface area contributed by atoms with Crippen LogP contribution in [-0.2, 0) is 21.1 Å². The van der Waals surface area contributed by atoms with E-state index < -0.39 is 26.4 Å². The summed E-state index contributed by atoms with van der Waals surface area (Å²) in [6.07, 6.45) is 0.530. The quantitative estimate of drug-likeness (QED) is 0.814. The van der Waals surface area contributed by atoms with Gasteiger partial charge in [-0.05, 0) is 18.6 Å². The molecule has 0 aliphatic heterocycles. The second kappa shape index (κ2) is 4.29. The lowest BCUT2D eigenvalue weighted by Gasteiger charge is -2.05. The predicted molar refractivity (Wildman–Crippen MR) is 53.9 cm³/mol. The Kier molecular flexibility index (Phi) is 3.42. The van der Waals surface area contributed by atoms with Gasteiger partial charge in [0.05, 0.1) is 0 Å². The number of rotatable bonds is 3. The molecule has 0 N–H and O–H groups in total. The first kappa shape index (κ1) is 12.8. The Balaban J connectivity index is 3.35. The van der Waals surface area contributed by atoms with E-state index in [1.165, 1.54) is 6.92 Å². The van der Waals surface area contributed by atoms with E-state index in [0.717, 1.165) is 18.4 Å². The fourth-order valence-electron chi connectivity index (χ4n) is 1.26. The Morgan fingerprint density at radius 2 is 1.81 bits per heavy atom. The molecule has 16 heavy (non-hydrogen) atoms. The molecule has 6 heteroatoms. The molecule has 1 aromatic carbocycles. The fourth-order valence-corrected chi connectivity index (χ4v) is 1.99. The Labute approximate surface area is 92.0 Å². The zero-order valence-corrected chi connectivity index (χ0v) is 9.57. The van der Waals surface area contributed by atoms with Gasteiger partial charge >= 0.3 is 0 Å². The molecule has 0 saturated carbocycles. The molecule has 0 spiro atoms. The lowest BCUT2D eigenvalue weighted by Crippen LogP contribution is -2.07. The summed E-state index contributed by atoms with van der Waals surface area (Å²) in [5.74, 6) is -3.04. The number of carbonyl (C=O) groups excluding carboxylic acids is 1. The number of Topliss-reactive ketones (excluding diaryl/α,β-unsaturated/α-hetero) is 1. The number of halogens is 2. The summed E-state index contributed by atoms with van der Waals surface area (Å²) in [5.41, 5.74) is -0.141. The molecular weight excluding hydrogens is 238 g/mol. The second-order valence-electron chi connectivity index (χ2n) is 3.50. The summed E-state index contributed by atoms with van der Waals surface area (Å²) in [6, 6.07) is 2.07. The van der Waals surface area contributed by atoms with Crippen LogP contribution in [0.5, 0.6) is 0 Å². The van der Waals surface area contributed by atoms with Crippen LogP contribution in [0.1, 0.15) is 12.5 Å². The van der Waals surface area contributed by atoms with Gasteiger partial charge in [-0.1, -0.05) is 6.07 Å². The first-order valence-electron chi connectivity index (χ1n) is 4.40. The number of hydrogen-bond donors (Lipinski definition) is 0. The third-order valence-corrected chi connectivity index (χ3v) is 3.08. The third-order valence-electron chi connectivity index (χ3n) is 1.97. The Morgan fingerprint density at radius 1 is 1.25 bits per heavy atom. The smallest absolute Gasteiger partial charge is 0.178 e. The molecule has 0 radical (unpaired) electrons. The Hall–Kier alpha value is -1.30. The molecule has 0 unspecified atom stereocenters. The third kappa shape index (κ3) is 2.63. The highest BCUT2D eigenvalue weighted by atomic mass is 32.2. The van der Waals surface area contributed by atoms with Crippen molar-refractivity contribution in [2.24, 2.45) is 0 Å². The zero-order valence-electron chi connectivity index (χ0n) is 8.75. The first-order valence-corrected chi connectivity index (χ1v) is 6.29. The van der Waals surface area contributed by atoms with Gasteiger partial charge in [0.15, 0.2) is 21.5 Å². The molecule has 1 rings (SSSR count). The number of sulfone groups is 1. The van der Waals surface area contributed by atoms with Crippen LogP contribution < -0.4 is 0 Å². The maximum Gasteiger partial charge on any atom is 0.178 e. The minimum atomic E-state index is -3.80. The minimum absolute atomic E-state index is 0.141. The highest BCUT2D eigenvalue weighted by molar-refractivity contribution is 7.90. The van der Waals surface area contributed by atoms with Crippen LogP contribution in [0.4, 0.5) is 8.78 Å². The summed E-state index contributed by atoms with van der Waals surface area (Å²) in [4.78, 5) is 10.1. The highest BCUT2D eigenvalue weighted by Crippen LogP contribution is 2.20. The average molecular weight is 248 g/mol. The number of carbonyl (C=O) groups is 1. The fraction of sp³-hybridized carbons (Fsp3) is 0.300. The lowest BCUT2D eigenvalue weighted by molar-refractivity contribution is -0.116. The van der Waals surface area contributed by atoms with Crippen LogP contribution in [0, 0.1) is 11.6 Å². The molecule has 0 saturated heterocycles. The van der Waals surface area contributed by atoms with Crippen molar-refractivity contribution in [3.63, 3.8) is 0 Å². The average Bonchev–Trinajstić information content (AvgIpc) is 2.10. The van der Waals surface area contributed by atoms with Gasteiger partial charge in [-0.2, -0.15) is 0 Å². The Bertz CT molecular complexity index is 535. The summed E-state index contributed by atoms with van der Waals surface area (Å²) in [6.45, 7) is 1.24. The molecule has 0 atom stereocenters. The SMILES string of the molecule is CC(=O)Cc1ccc(S(C)(=O)=O)c(F)c1F. The summed E-state index contributed by atoms with van der Waals surface area (Å²) in [5, 5.41) is 0. The van der Waals surface area contributed by atoms with Gasteiger partial charge in [-0.25, -0.2) is 17.2 Å². The molecule has 88 valence electrons. The van der Waals surface area contributed by atoms with Crippen LogP contribution >= 0.6 is 0 Å².